The van der Waals surface area contributed by atoms with Crippen LogP contribution in [-0.2, 0) is 11.2 Å². The Kier molecular flexibility index (Phi) is 2.76. The van der Waals surface area contributed by atoms with Crippen LogP contribution >= 0.6 is 0 Å². The van der Waals surface area contributed by atoms with Crippen LogP contribution in [0.3, 0.4) is 0 Å². The van der Waals surface area contributed by atoms with Crippen molar-refractivity contribution in [3.05, 3.63) is 42.4 Å². The van der Waals surface area contributed by atoms with Crippen LogP contribution in [0.15, 0.2) is 36.7 Å². The number of aryl methyl sites for hydroxylation is 1. The molecule has 0 bridgehead atoms. The molecular formula is C14H13N3O. The van der Waals surface area contributed by atoms with E-state index in [2.05, 4.69) is 15.3 Å². The molecule has 3 heterocycles. The summed E-state index contributed by atoms with van der Waals surface area (Å²) in [5.41, 5.74) is 3.92. The Morgan fingerprint density at radius 1 is 1.33 bits per heavy atom. The Bertz CT molecular complexity index is 569. The van der Waals surface area contributed by atoms with E-state index in [1.807, 2.05) is 24.3 Å². The van der Waals surface area contributed by atoms with Gasteiger partial charge in [0, 0.05) is 18.0 Å². The van der Waals surface area contributed by atoms with Crippen molar-refractivity contribution in [1.29, 1.82) is 0 Å². The predicted octanol–water partition coefficient (Wildman–Crippen LogP) is 2.07. The summed E-state index contributed by atoms with van der Waals surface area (Å²) in [5.74, 6) is 0. The van der Waals surface area contributed by atoms with Crippen molar-refractivity contribution in [2.45, 2.75) is 18.9 Å². The van der Waals surface area contributed by atoms with Crippen molar-refractivity contribution in [2.24, 2.45) is 0 Å². The standard InChI is InChI=1S/C14H13N3O/c18-9-11-3-4-14-13(16-11)6-5-12(17-14)10-2-1-7-15-8-10/h1-2,5-9,11,16H,3-4H2. The highest BCUT2D eigenvalue weighted by atomic mass is 16.1. The normalized spacial score (nSPS) is 17.7. The van der Waals surface area contributed by atoms with Gasteiger partial charge in [-0.05, 0) is 37.1 Å². The lowest BCUT2D eigenvalue weighted by Gasteiger charge is -2.22. The topological polar surface area (TPSA) is 54.9 Å². The fourth-order valence-corrected chi connectivity index (χ4v) is 2.16. The number of hydrogen-bond donors (Lipinski definition) is 1. The smallest absolute Gasteiger partial charge is 0.142 e. The quantitative estimate of drug-likeness (QED) is 0.815. The van der Waals surface area contributed by atoms with E-state index >= 15 is 0 Å². The second-order valence-corrected chi connectivity index (χ2v) is 4.36. The molecule has 0 saturated carbocycles. The highest BCUT2D eigenvalue weighted by Gasteiger charge is 2.18. The number of fused-ring (bicyclic) bond motifs is 1. The number of nitrogens with zero attached hydrogens (tertiary/aromatic N) is 2. The summed E-state index contributed by atoms with van der Waals surface area (Å²) in [6.45, 7) is 0. The molecule has 0 radical (unpaired) electrons. The van der Waals surface area contributed by atoms with Crippen molar-refractivity contribution < 1.29 is 4.79 Å². The lowest BCUT2D eigenvalue weighted by molar-refractivity contribution is -0.108. The fourth-order valence-electron chi connectivity index (χ4n) is 2.16. The molecule has 18 heavy (non-hydrogen) atoms. The van der Waals surface area contributed by atoms with Gasteiger partial charge in [0.05, 0.1) is 23.1 Å². The Morgan fingerprint density at radius 3 is 3.06 bits per heavy atom. The summed E-state index contributed by atoms with van der Waals surface area (Å²) in [6.07, 6.45) is 6.15. The summed E-state index contributed by atoms with van der Waals surface area (Å²) in [5, 5.41) is 3.18. The number of aromatic nitrogens is 2. The van der Waals surface area contributed by atoms with Crippen LogP contribution in [0.5, 0.6) is 0 Å². The zero-order valence-corrected chi connectivity index (χ0v) is 9.84. The van der Waals surface area contributed by atoms with Crippen LogP contribution in [0.4, 0.5) is 5.69 Å². The van der Waals surface area contributed by atoms with Crippen LogP contribution in [0.25, 0.3) is 11.3 Å². The largest absolute Gasteiger partial charge is 0.374 e. The molecule has 1 atom stereocenters. The Morgan fingerprint density at radius 2 is 2.28 bits per heavy atom. The number of carbonyl (C=O) groups excluding carboxylic acids is 1. The van der Waals surface area contributed by atoms with E-state index in [9.17, 15) is 4.79 Å². The summed E-state index contributed by atoms with van der Waals surface area (Å²) >= 11 is 0. The molecule has 1 aliphatic rings. The molecule has 90 valence electrons. The van der Waals surface area contributed by atoms with Crippen molar-refractivity contribution in [1.82, 2.24) is 9.97 Å². The molecule has 0 amide bonds. The van der Waals surface area contributed by atoms with Crippen LogP contribution < -0.4 is 5.32 Å². The zero-order valence-electron chi connectivity index (χ0n) is 9.84. The second kappa shape index (κ2) is 4.56. The molecular weight excluding hydrogens is 226 g/mol. The van der Waals surface area contributed by atoms with E-state index in [1.54, 1.807) is 12.4 Å². The number of carbonyl (C=O) groups is 1. The summed E-state index contributed by atoms with van der Waals surface area (Å²) in [6, 6.07) is 7.75. The molecule has 3 rings (SSSR count). The van der Waals surface area contributed by atoms with Gasteiger partial charge in [0.15, 0.2) is 0 Å². The van der Waals surface area contributed by atoms with Gasteiger partial charge in [-0.25, -0.2) is 0 Å². The molecule has 0 saturated heterocycles. The summed E-state index contributed by atoms with van der Waals surface area (Å²) in [7, 11) is 0. The van der Waals surface area contributed by atoms with E-state index in [0.29, 0.717) is 0 Å². The number of pyridine rings is 2. The van der Waals surface area contributed by atoms with Gasteiger partial charge in [0.25, 0.3) is 0 Å². The predicted molar refractivity (Wildman–Crippen MR) is 69.3 cm³/mol. The van der Waals surface area contributed by atoms with Crippen LogP contribution in [0.1, 0.15) is 12.1 Å². The van der Waals surface area contributed by atoms with Crippen molar-refractivity contribution in [2.75, 3.05) is 5.32 Å². The first kappa shape index (κ1) is 10.9. The third-order valence-corrected chi connectivity index (χ3v) is 3.13. The molecule has 2 aromatic heterocycles. The average molecular weight is 239 g/mol. The molecule has 0 aliphatic carbocycles. The number of nitrogens with one attached hydrogen (secondary N) is 1. The van der Waals surface area contributed by atoms with Crippen molar-refractivity contribution in [3.8, 4) is 11.3 Å². The minimum atomic E-state index is -0.0801. The number of rotatable bonds is 2. The minimum absolute atomic E-state index is 0.0801. The minimum Gasteiger partial charge on any atom is -0.374 e. The lowest BCUT2D eigenvalue weighted by Crippen LogP contribution is -2.27. The monoisotopic (exact) mass is 239 g/mol. The highest BCUT2D eigenvalue weighted by Crippen LogP contribution is 2.26. The van der Waals surface area contributed by atoms with Crippen LogP contribution in [-0.4, -0.2) is 22.3 Å². The molecule has 4 nitrogen and oxygen atoms in total. The Balaban J connectivity index is 1.95. The SMILES string of the molecule is O=CC1CCc2nc(-c3cccnc3)ccc2N1. The average Bonchev–Trinajstić information content (AvgIpc) is 2.47. The molecule has 2 aromatic rings. The zero-order chi connectivity index (χ0) is 12.4. The maximum absolute atomic E-state index is 10.8. The summed E-state index contributed by atoms with van der Waals surface area (Å²) < 4.78 is 0. The Labute approximate surface area is 105 Å². The number of hydrogen-bond acceptors (Lipinski definition) is 4. The van der Waals surface area contributed by atoms with Crippen LogP contribution in [0.2, 0.25) is 0 Å². The van der Waals surface area contributed by atoms with Gasteiger partial charge < -0.3 is 10.1 Å². The molecule has 0 fully saturated rings. The van der Waals surface area contributed by atoms with E-state index in [-0.39, 0.29) is 6.04 Å². The van der Waals surface area contributed by atoms with Gasteiger partial charge in [-0.15, -0.1) is 0 Å². The number of anilines is 1. The van der Waals surface area contributed by atoms with E-state index in [4.69, 9.17) is 0 Å². The van der Waals surface area contributed by atoms with Gasteiger partial charge in [0.1, 0.15) is 6.29 Å². The maximum Gasteiger partial charge on any atom is 0.142 e. The number of aldehydes is 1. The van der Waals surface area contributed by atoms with Crippen LogP contribution in [0, 0.1) is 0 Å². The second-order valence-electron chi connectivity index (χ2n) is 4.36. The first-order valence-corrected chi connectivity index (χ1v) is 5.99. The fraction of sp³-hybridized carbons (Fsp3) is 0.214. The van der Waals surface area contributed by atoms with Gasteiger partial charge in [0.2, 0.25) is 0 Å². The first-order chi connectivity index (χ1) is 8.86. The molecule has 0 aromatic carbocycles. The van der Waals surface area contributed by atoms with Gasteiger partial charge in [-0.3, -0.25) is 9.97 Å². The first-order valence-electron chi connectivity index (χ1n) is 5.99. The van der Waals surface area contributed by atoms with E-state index in [1.165, 1.54) is 0 Å². The lowest BCUT2D eigenvalue weighted by atomic mass is 10.0. The molecule has 4 heteroatoms. The highest BCUT2D eigenvalue weighted by molar-refractivity contribution is 5.69. The molecule has 1 aliphatic heterocycles. The third-order valence-electron chi connectivity index (χ3n) is 3.13. The maximum atomic E-state index is 10.8. The van der Waals surface area contributed by atoms with Gasteiger partial charge in [-0.2, -0.15) is 0 Å². The molecule has 0 spiro atoms. The van der Waals surface area contributed by atoms with Crippen molar-refractivity contribution in [3.63, 3.8) is 0 Å². The molecule has 1 N–H and O–H groups in total. The van der Waals surface area contributed by atoms with Crippen molar-refractivity contribution >= 4 is 12.0 Å². The summed E-state index contributed by atoms with van der Waals surface area (Å²) in [4.78, 5) is 19.5. The Hall–Kier alpha value is -2.23. The van der Waals surface area contributed by atoms with E-state index < -0.39 is 0 Å². The molecule has 1 unspecified atom stereocenters. The van der Waals surface area contributed by atoms with Gasteiger partial charge >= 0.3 is 0 Å². The van der Waals surface area contributed by atoms with E-state index in [0.717, 1.165) is 41.8 Å². The van der Waals surface area contributed by atoms with Gasteiger partial charge in [-0.1, -0.05) is 0 Å². The third kappa shape index (κ3) is 1.97.